The molecule has 1 aromatic heterocycles. The van der Waals surface area contributed by atoms with Crippen LogP contribution in [0.15, 0.2) is 29.6 Å². The molecule has 75 valence electrons. The van der Waals surface area contributed by atoms with Crippen molar-refractivity contribution < 1.29 is 4.79 Å². The Kier molecular flexibility index (Phi) is 2.64. The lowest BCUT2D eigenvalue weighted by Gasteiger charge is -2.02. The Balaban J connectivity index is 2.21. The van der Waals surface area contributed by atoms with Gasteiger partial charge in [-0.25, -0.2) is 9.78 Å². The number of primary amides is 1. The highest BCUT2D eigenvalue weighted by molar-refractivity contribution is 7.07. The van der Waals surface area contributed by atoms with Crippen molar-refractivity contribution in [3.63, 3.8) is 0 Å². The number of aromatic nitrogens is 1. The molecule has 0 bridgehead atoms. The van der Waals surface area contributed by atoms with Gasteiger partial charge in [0.05, 0.1) is 5.69 Å². The van der Waals surface area contributed by atoms with E-state index in [0.29, 0.717) is 5.69 Å². The number of amides is 2. The lowest BCUT2D eigenvalue weighted by molar-refractivity contribution is 0.259. The summed E-state index contributed by atoms with van der Waals surface area (Å²) < 4.78 is 0. The molecule has 5 heteroatoms. The predicted octanol–water partition coefficient (Wildman–Crippen LogP) is 2.10. The number of carbonyl (C=O) groups is 1. The van der Waals surface area contributed by atoms with Gasteiger partial charge < -0.3 is 11.1 Å². The minimum absolute atomic E-state index is 0.565. The van der Waals surface area contributed by atoms with Crippen molar-refractivity contribution in [1.29, 1.82) is 0 Å². The number of hydrogen-bond acceptors (Lipinski definition) is 3. The SMILES string of the molecule is NC(=O)Nc1ccc(-c2cs[c]n2)cc1. The normalized spacial score (nSPS) is 9.87. The number of hydrogen-bond donors (Lipinski definition) is 2. The maximum atomic E-state index is 10.6. The van der Waals surface area contributed by atoms with Crippen LogP contribution in [0.1, 0.15) is 0 Å². The Labute approximate surface area is 90.8 Å². The van der Waals surface area contributed by atoms with Gasteiger partial charge in [0.15, 0.2) is 5.51 Å². The number of rotatable bonds is 2. The van der Waals surface area contributed by atoms with Gasteiger partial charge in [-0.05, 0) is 12.1 Å². The van der Waals surface area contributed by atoms with Gasteiger partial charge >= 0.3 is 6.03 Å². The van der Waals surface area contributed by atoms with E-state index in [2.05, 4.69) is 15.8 Å². The number of anilines is 1. The minimum Gasteiger partial charge on any atom is -0.351 e. The molecule has 1 heterocycles. The fraction of sp³-hybridized carbons (Fsp3) is 0. The number of urea groups is 1. The Hall–Kier alpha value is -1.88. The molecule has 0 saturated carbocycles. The molecule has 3 N–H and O–H groups in total. The van der Waals surface area contributed by atoms with Crippen LogP contribution in [0.4, 0.5) is 10.5 Å². The third kappa shape index (κ3) is 2.32. The lowest BCUT2D eigenvalue weighted by Crippen LogP contribution is -2.19. The summed E-state index contributed by atoms with van der Waals surface area (Å²) >= 11 is 1.42. The zero-order chi connectivity index (χ0) is 10.7. The molecule has 2 aromatic rings. The van der Waals surface area contributed by atoms with Crippen LogP contribution in [0.5, 0.6) is 0 Å². The lowest BCUT2D eigenvalue weighted by atomic mass is 10.1. The third-order valence-corrected chi connectivity index (χ3v) is 2.38. The molecule has 0 aliphatic carbocycles. The topological polar surface area (TPSA) is 68.0 Å². The van der Waals surface area contributed by atoms with Crippen molar-refractivity contribution in [2.45, 2.75) is 0 Å². The molecule has 0 atom stereocenters. The number of benzene rings is 1. The van der Waals surface area contributed by atoms with Crippen molar-refractivity contribution in [1.82, 2.24) is 4.98 Å². The maximum Gasteiger partial charge on any atom is 0.316 e. The Morgan fingerprint density at radius 1 is 1.40 bits per heavy atom. The van der Waals surface area contributed by atoms with Crippen LogP contribution in [0.25, 0.3) is 11.3 Å². The quantitative estimate of drug-likeness (QED) is 0.810. The fourth-order valence-electron chi connectivity index (χ4n) is 1.18. The summed E-state index contributed by atoms with van der Waals surface area (Å²) in [6.45, 7) is 0. The number of carbonyl (C=O) groups excluding carboxylic acids is 1. The second-order valence-electron chi connectivity index (χ2n) is 2.89. The van der Waals surface area contributed by atoms with Gasteiger partial charge in [-0.15, -0.1) is 11.3 Å². The largest absolute Gasteiger partial charge is 0.351 e. The zero-order valence-corrected chi connectivity index (χ0v) is 8.54. The van der Waals surface area contributed by atoms with Gasteiger partial charge in [0.25, 0.3) is 0 Å². The highest BCUT2D eigenvalue weighted by Crippen LogP contribution is 2.20. The summed E-state index contributed by atoms with van der Waals surface area (Å²) in [5, 5.41) is 4.40. The van der Waals surface area contributed by atoms with Crippen molar-refractivity contribution >= 4 is 23.1 Å². The molecule has 2 amide bonds. The monoisotopic (exact) mass is 218 g/mol. The molecule has 0 spiro atoms. The number of thiazole rings is 1. The van der Waals surface area contributed by atoms with Crippen LogP contribution in [0, 0.1) is 5.51 Å². The second kappa shape index (κ2) is 4.10. The molecule has 15 heavy (non-hydrogen) atoms. The van der Waals surface area contributed by atoms with Crippen LogP contribution in [-0.4, -0.2) is 11.0 Å². The second-order valence-corrected chi connectivity index (χ2v) is 3.54. The van der Waals surface area contributed by atoms with Gasteiger partial charge in [-0.3, -0.25) is 0 Å². The molecule has 1 aromatic carbocycles. The molecule has 0 saturated heterocycles. The van der Waals surface area contributed by atoms with E-state index in [-0.39, 0.29) is 0 Å². The van der Waals surface area contributed by atoms with Gasteiger partial charge in [-0.1, -0.05) is 12.1 Å². The average Bonchev–Trinajstić information content (AvgIpc) is 2.71. The zero-order valence-electron chi connectivity index (χ0n) is 7.73. The summed E-state index contributed by atoms with van der Waals surface area (Å²) in [7, 11) is 0. The first-order chi connectivity index (χ1) is 7.25. The summed E-state index contributed by atoms with van der Waals surface area (Å²) in [5.74, 6) is 0. The van der Waals surface area contributed by atoms with Crippen LogP contribution < -0.4 is 11.1 Å². The Bertz CT molecular complexity index is 450. The van der Waals surface area contributed by atoms with Gasteiger partial charge in [-0.2, -0.15) is 0 Å². The van der Waals surface area contributed by atoms with Gasteiger partial charge in [0, 0.05) is 16.6 Å². The Morgan fingerprint density at radius 3 is 2.67 bits per heavy atom. The van der Waals surface area contributed by atoms with Crippen molar-refractivity contribution in [3.8, 4) is 11.3 Å². The van der Waals surface area contributed by atoms with E-state index < -0.39 is 6.03 Å². The van der Waals surface area contributed by atoms with Crippen LogP contribution >= 0.6 is 11.3 Å². The summed E-state index contributed by atoms with van der Waals surface area (Å²) in [6.07, 6.45) is 0. The van der Waals surface area contributed by atoms with E-state index in [1.165, 1.54) is 11.3 Å². The summed E-state index contributed by atoms with van der Waals surface area (Å²) in [6, 6.07) is 6.73. The third-order valence-electron chi connectivity index (χ3n) is 1.84. The maximum absolute atomic E-state index is 10.6. The van der Waals surface area contributed by atoms with E-state index in [4.69, 9.17) is 5.73 Å². The number of nitrogens with one attached hydrogen (secondary N) is 1. The predicted molar refractivity (Wildman–Crippen MR) is 59.6 cm³/mol. The molecule has 0 aliphatic rings. The number of nitrogens with zero attached hydrogens (tertiary/aromatic N) is 1. The van der Waals surface area contributed by atoms with E-state index in [1.54, 1.807) is 12.1 Å². The first-order valence-corrected chi connectivity index (χ1v) is 5.12. The molecule has 0 unspecified atom stereocenters. The molecular formula is C10H8N3OS. The van der Waals surface area contributed by atoms with Crippen molar-refractivity contribution in [3.05, 3.63) is 35.2 Å². The number of nitrogens with two attached hydrogens (primary N) is 1. The first-order valence-electron chi connectivity index (χ1n) is 4.24. The van der Waals surface area contributed by atoms with Gasteiger partial charge in [0.2, 0.25) is 0 Å². The van der Waals surface area contributed by atoms with Crippen molar-refractivity contribution in [2.24, 2.45) is 5.73 Å². The van der Waals surface area contributed by atoms with E-state index >= 15 is 0 Å². The van der Waals surface area contributed by atoms with E-state index in [9.17, 15) is 4.79 Å². The molecule has 2 rings (SSSR count). The highest BCUT2D eigenvalue weighted by atomic mass is 32.1. The molecule has 1 radical (unpaired) electrons. The standard InChI is InChI=1S/C10H8N3OS/c11-10(14)13-8-3-1-7(2-4-8)9-5-15-6-12-9/h1-5H,(H3,11,13,14). The summed E-state index contributed by atoms with van der Waals surface area (Å²) in [5.41, 5.74) is 10.3. The Morgan fingerprint density at radius 2 is 2.13 bits per heavy atom. The fourth-order valence-corrected chi connectivity index (χ4v) is 1.69. The smallest absolute Gasteiger partial charge is 0.316 e. The first kappa shape index (κ1) is 9.67. The minimum atomic E-state index is -0.565. The van der Waals surface area contributed by atoms with Crippen molar-refractivity contribution in [2.75, 3.05) is 5.32 Å². The van der Waals surface area contributed by atoms with Crippen LogP contribution in [0.2, 0.25) is 0 Å². The van der Waals surface area contributed by atoms with E-state index in [0.717, 1.165) is 11.3 Å². The average molecular weight is 218 g/mol. The molecule has 0 fully saturated rings. The van der Waals surface area contributed by atoms with E-state index in [1.807, 2.05) is 17.5 Å². The summed E-state index contributed by atoms with van der Waals surface area (Å²) in [4.78, 5) is 14.6. The van der Waals surface area contributed by atoms with Gasteiger partial charge in [0.1, 0.15) is 0 Å². The molecular weight excluding hydrogens is 210 g/mol. The van der Waals surface area contributed by atoms with Crippen LogP contribution in [0.3, 0.4) is 0 Å². The highest BCUT2D eigenvalue weighted by Gasteiger charge is 2.00. The molecule has 0 aliphatic heterocycles. The molecule has 4 nitrogen and oxygen atoms in total. The van der Waals surface area contributed by atoms with Crippen LogP contribution in [-0.2, 0) is 0 Å².